The van der Waals surface area contributed by atoms with E-state index in [1.807, 2.05) is 31.2 Å². The summed E-state index contributed by atoms with van der Waals surface area (Å²) >= 11 is 0. The number of hydrogen-bond donors (Lipinski definition) is 3. The van der Waals surface area contributed by atoms with Crippen LogP contribution in [0.15, 0.2) is 54.6 Å². The fraction of sp³-hybridized carbons (Fsp3) is 0.167. The maximum atomic E-state index is 13.9. The lowest BCUT2D eigenvalue weighted by Crippen LogP contribution is -2.30. The van der Waals surface area contributed by atoms with E-state index in [9.17, 15) is 14.3 Å². The molecule has 0 spiro atoms. The molecule has 5 nitrogen and oxygen atoms in total. The van der Waals surface area contributed by atoms with Crippen LogP contribution in [0.3, 0.4) is 0 Å². The van der Waals surface area contributed by atoms with E-state index >= 15 is 0 Å². The van der Waals surface area contributed by atoms with Crippen LogP contribution in [0.5, 0.6) is 5.75 Å². The summed E-state index contributed by atoms with van der Waals surface area (Å²) < 4.78 is 13.9. The summed E-state index contributed by atoms with van der Waals surface area (Å²) in [5.74, 6) is 4.15. The maximum absolute atomic E-state index is 13.9. The molecule has 0 aliphatic carbocycles. The Bertz CT molecular complexity index is 1130. The van der Waals surface area contributed by atoms with Crippen LogP contribution in [-0.2, 0) is 0 Å². The van der Waals surface area contributed by atoms with E-state index < -0.39 is 17.8 Å². The standard InChI is InChI=1S/C24H21FN2O3/c1-15-5-7-18(8-6-15)23(20-14-19(25)9-10-22(20)29)27-24(30)21-13-17(4-3-11-28)12-16(2)26-21/h5-10,12-14,23,28-29H,11H2,1-2H3,(H,27,30)/t23-/m0/s1. The number of rotatable bonds is 4. The SMILES string of the molecule is Cc1ccc([C@H](NC(=O)c2cc(C#CCO)cc(C)n2)c2cc(F)ccc2O)cc1. The summed E-state index contributed by atoms with van der Waals surface area (Å²) in [5.41, 5.74) is 3.21. The van der Waals surface area contributed by atoms with Crippen molar-refractivity contribution in [3.8, 4) is 17.6 Å². The number of benzene rings is 2. The minimum Gasteiger partial charge on any atom is -0.508 e. The van der Waals surface area contributed by atoms with Gasteiger partial charge in [0.15, 0.2) is 0 Å². The number of nitrogens with one attached hydrogen (secondary N) is 1. The first-order valence-corrected chi connectivity index (χ1v) is 9.31. The Morgan fingerprint density at radius 3 is 2.57 bits per heavy atom. The molecule has 1 atom stereocenters. The van der Waals surface area contributed by atoms with Gasteiger partial charge in [-0.05, 0) is 49.7 Å². The molecule has 3 rings (SSSR count). The summed E-state index contributed by atoms with van der Waals surface area (Å²) in [5, 5.41) is 22.0. The van der Waals surface area contributed by atoms with E-state index in [0.717, 1.165) is 11.6 Å². The molecule has 0 radical (unpaired) electrons. The molecule has 0 saturated carbocycles. The summed E-state index contributed by atoms with van der Waals surface area (Å²) in [6.07, 6.45) is 0. The lowest BCUT2D eigenvalue weighted by molar-refractivity contribution is 0.0937. The summed E-state index contributed by atoms with van der Waals surface area (Å²) in [4.78, 5) is 17.3. The third kappa shape index (κ3) is 5.02. The first-order valence-electron chi connectivity index (χ1n) is 9.31. The molecule has 0 saturated heterocycles. The van der Waals surface area contributed by atoms with Crippen molar-refractivity contribution in [3.05, 3.63) is 94.1 Å². The van der Waals surface area contributed by atoms with Gasteiger partial charge in [0.05, 0.1) is 6.04 Å². The fourth-order valence-corrected chi connectivity index (χ4v) is 3.06. The topological polar surface area (TPSA) is 82.5 Å². The van der Waals surface area contributed by atoms with Crippen molar-refractivity contribution < 1.29 is 19.4 Å². The number of aliphatic hydroxyl groups excluding tert-OH is 1. The summed E-state index contributed by atoms with van der Waals surface area (Å²) in [6, 6.07) is 13.4. The van der Waals surface area contributed by atoms with Crippen LogP contribution in [0.25, 0.3) is 0 Å². The number of carbonyl (C=O) groups is 1. The highest BCUT2D eigenvalue weighted by atomic mass is 19.1. The van der Waals surface area contributed by atoms with Crippen molar-refractivity contribution in [2.24, 2.45) is 0 Å². The largest absolute Gasteiger partial charge is 0.508 e. The molecule has 0 aliphatic heterocycles. The number of phenols is 1. The third-order valence-electron chi connectivity index (χ3n) is 4.48. The fourth-order valence-electron chi connectivity index (χ4n) is 3.06. The van der Waals surface area contributed by atoms with E-state index in [4.69, 9.17) is 5.11 Å². The Hall–Kier alpha value is -3.69. The van der Waals surface area contributed by atoms with Gasteiger partial charge in [0, 0.05) is 16.8 Å². The number of hydrogen-bond acceptors (Lipinski definition) is 4. The van der Waals surface area contributed by atoms with Gasteiger partial charge in [-0.1, -0.05) is 41.7 Å². The van der Waals surface area contributed by atoms with E-state index in [2.05, 4.69) is 22.1 Å². The Morgan fingerprint density at radius 2 is 1.87 bits per heavy atom. The Labute approximate surface area is 174 Å². The highest BCUT2D eigenvalue weighted by molar-refractivity contribution is 5.93. The van der Waals surface area contributed by atoms with Crippen molar-refractivity contribution >= 4 is 5.91 Å². The quantitative estimate of drug-likeness (QED) is 0.582. The van der Waals surface area contributed by atoms with Crippen LogP contribution in [0.4, 0.5) is 4.39 Å². The smallest absolute Gasteiger partial charge is 0.270 e. The molecule has 0 fully saturated rings. The van der Waals surface area contributed by atoms with Crippen LogP contribution >= 0.6 is 0 Å². The van der Waals surface area contributed by atoms with Crippen LogP contribution < -0.4 is 5.32 Å². The molecule has 0 aliphatic rings. The second-order valence-corrected chi connectivity index (χ2v) is 6.86. The molecule has 0 unspecified atom stereocenters. The number of halogens is 1. The highest BCUT2D eigenvalue weighted by Gasteiger charge is 2.22. The first-order chi connectivity index (χ1) is 14.4. The average Bonchev–Trinajstić information content (AvgIpc) is 2.72. The maximum Gasteiger partial charge on any atom is 0.270 e. The van der Waals surface area contributed by atoms with Crippen molar-refractivity contribution in [2.45, 2.75) is 19.9 Å². The molecular weight excluding hydrogens is 383 g/mol. The van der Waals surface area contributed by atoms with Gasteiger partial charge in [-0.15, -0.1) is 0 Å². The van der Waals surface area contributed by atoms with Crippen molar-refractivity contribution in [1.29, 1.82) is 0 Å². The molecular formula is C24H21FN2O3. The second kappa shape index (κ2) is 9.21. The van der Waals surface area contributed by atoms with Gasteiger partial charge in [-0.25, -0.2) is 9.37 Å². The Morgan fingerprint density at radius 1 is 1.13 bits per heavy atom. The predicted molar refractivity (Wildman–Crippen MR) is 111 cm³/mol. The van der Waals surface area contributed by atoms with E-state index in [1.54, 1.807) is 13.0 Å². The van der Waals surface area contributed by atoms with Gasteiger partial charge in [0.1, 0.15) is 23.9 Å². The Kier molecular flexibility index (Phi) is 6.45. The molecule has 6 heteroatoms. The highest BCUT2D eigenvalue weighted by Crippen LogP contribution is 2.30. The number of amides is 1. The zero-order valence-electron chi connectivity index (χ0n) is 16.6. The molecule has 1 amide bonds. The number of aromatic hydroxyl groups is 1. The molecule has 3 aromatic rings. The predicted octanol–water partition coefficient (Wildman–Crippen LogP) is 3.41. The zero-order chi connectivity index (χ0) is 21.7. The minimum absolute atomic E-state index is 0.130. The van der Waals surface area contributed by atoms with Gasteiger partial charge in [0.2, 0.25) is 0 Å². The second-order valence-electron chi connectivity index (χ2n) is 6.86. The molecule has 1 aromatic heterocycles. The zero-order valence-corrected chi connectivity index (χ0v) is 16.6. The number of pyridine rings is 1. The number of aryl methyl sites for hydroxylation is 2. The molecule has 30 heavy (non-hydrogen) atoms. The molecule has 0 bridgehead atoms. The van der Waals surface area contributed by atoms with Gasteiger partial charge in [-0.3, -0.25) is 4.79 Å². The summed E-state index contributed by atoms with van der Waals surface area (Å²) in [7, 11) is 0. The average molecular weight is 404 g/mol. The molecule has 2 aromatic carbocycles. The number of carbonyl (C=O) groups excluding carboxylic acids is 1. The molecule has 152 valence electrons. The van der Waals surface area contributed by atoms with Crippen molar-refractivity contribution in [2.75, 3.05) is 6.61 Å². The molecule has 1 heterocycles. The minimum atomic E-state index is -0.789. The number of nitrogens with zero attached hydrogens (tertiary/aromatic N) is 1. The van der Waals surface area contributed by atoms with Crippen molar-refractivity contribution in [3.63, 3.8) is 0 Å². The van der Waals surface area contributed by atoms with E-state index in [-0.39, 0.29) is 23.6 Å². The Balaban J connectivity index is 2.01. The van der Waals surface area contributed by atoms with E-state index in [0.29, 0.717) is 16.8 Å². The normalized spacial score (nSPS) is 11.3. The van der Waals surface area contributed by atoms with Gasteiger partial charge < -0.3 is 15.5 Å². The number of aromatic nitrogens is 1. The number of aliphatic hydroxyl groups is 1. The molecule has 3 N–H and O–H groups in total. The van der Waals surface area contributed by atoms with Crippen molar-refractivity contribution in [1.82, 2.24) is 10.3 Å². The van der Waals surface area contributed by atoms with E-state index in [1.165, 1.54) is 18.2 Å². The van der Waals surface area contributed by atoms with Crippen LogP contribution in [0.1, 0.15) is 44.5 Å². The first kappa shape index (κ1) is 21.0. The van der Waals surface area contributed by atoms with Crippen LogP contribution in [0, 0.1) is 31.5 Å². The number of phenolic OH excluding ortho intramolecular Hbond substituents is 1. The lowest BCUT2D eigenvalue weighted by atomic mass is 9.96. The van der Waals surface area contributed by atoms with Crippen LogP contribution in [0.2, 0.25) is 0 Å². The van der Waals surface area contributed by atoms with Gasteiger partial charge in [-0.2, -0.15) is 0 Å². The van der Waals surface area contributed by atoms with Gasteiger partial charge in [0.25, 0.3) is 5.91 Å². The third-order valence-corrected chi connectivity index (χ3v) is 4.48. The van der Waals surface area contributed by atoms with Crippen LogP contribution in [-0.4, -0.2) is 27.7 Å². The lowest BCUT2D eigenvalue weighted by Gasteiger charge is -2.21. The summed E-state index contributed by atoms with van der Waals surface area (Å²) in [6.45, 7) is 3.37. The monoisotopic (exact) mass is 404 g/mol. The van der Waals surface area contributed by atoms with Gasteiger partial charge >= 0.3 is 0 Å².